The van der Waals surface area contributed by atoms with Gasteiger partial charge in [-0.25, -0.2) is 4.98 Å². The van der Waals surface area contributed by atoms with Gasteiger partial charge in [0.25, 0.3) is 11.6 Å². The zero-order chi connectivity index (χ0) is 27.9. The van der Waals surface area contributed by atoms with Gasteiger partial charge in [0.1, 0.15) is 17.1 Å². The van der Waals surface area contributed by atoms with Crippen molar-refractivity contribution in [1.82, 2.24) is 4.98 Å². The number of amides is 2. The van der Waals surface area contributed by atoms with E-state index in [-0.39, 0.29) is 23.1 Å². The van der Waals surface area contributed by atoms with Gasteiger partial charge >= 0.3 is 0 Å². The lowest BCUT2D eigenvalue weighted by atomic mass is 10.1. The summed E-state index contributed by atoms with van der Waals surface area (Å²) in [6, 6.07) is 18.4. The maximum atomic E-state index is 13.0. The van der Waals surface area contributed by atoms with Gasteiger partial charge in [-0.05, 0) is 37.3 Å². The van der Waals surface area contributed by atoms with E-state index in [9.17, 15) is 19.7 Å². The Kier molecular flexibility index (Phi) is 8.79. The van der Waals surface area contributed by atoms with Crippen LogP contribution in [0.25, 0.3) is 11.3 Å². The SMILES string of the molecule is COc1cccc(OC)c1C(=O)Nc1cccc(SC(C)C(=O)Nc2nc(-c3cccc([N+](=O)[O-])c3)cs2)c1. The van der Waals surface area contributed by atoms with E-state index in [2.05, 4.69) is 15.6 Å². The average Bonchev–Trinajstić information content (AvgIpc) is 3.41. The number of aromatic nitrogens is 1. The molecule has 0 aliphatic heterocycles. The second-order valence-electron chi connectivity index (χ2n) is 8.11. The molecule has 1 unspecified atom stereocenters. The first kappa shape index (κ1) is 27.6. The van der Waals surface area contributed by atoms with Crippen LogP contribution in [0.4, 0.5) is 16.5 Å². The first-order chi connectivity index (χ1) is 18.8. The quantitative estimate of drug-likeness (QED) is 0.134. The van der Waals surface area contributed by atoms with Crippen LogP contribution in [0.15, 0.2) is 77.0 Å². The Balaban J connectivity index is 1.40. The Labute approximate surface area is 232 Å². The van der Waals surface area contributed by atoms with Crippen molar-refractivity contribution in [1.29, 1.82) is 0 Å². The number of nitro benzene ring substituents is 1. The van der Waals surface area contributed by atoms with Gasteiger partial charge in [0.15, 0.2) is 5.13 Å². The molecule has 0 aliphatic carbocycles. The topological polar surface area (TPSA) is 133 Å². The van der Waals surface area contributed by atoms with E-state index in [0.29, 0.717) is 33.6 Å². The molecule has 2 amide bonds. The molecule has 200 valence electrons. The zero-order valence-electron chi connectivity index (χ0n) is 21.2. The van der Waals surface area contributed by atoms with Crippen LogP contribution in [0.1, 0.15) is 17.3 Å². The second kappa shape index (κ2) is 12.4. The van der Waals surface area contributed by atoms with E-state index in [0.717, 1.165) is 4.90 Å². The maximum absolute atomic E-state index is 13.0. The Morgan fingerprint density at radius 3 is 2.38 bits per heavy atom. The molecule has 1 heterocycles. The molecule has 0 fully saturated rings. The predicted molar refractivity (Wildman–Crippen MR) is 152 cm³/mol. The zero-order valence-corrected chi connectivity index (χ0v) is 22.8. The summed E-state index contributed by atoms with van der Waals surface area (Å²) in [7, 11) is 2.96. The number of non-ortho nitro benzene ring substituents is 1. The number of hydrogen-bond donors (Lipinski definition) is 2. The van der Waals surface area contributed by atoms with E-state index in [1.807, 2.05) is 6.07 Å². The minimum Gasteiger partial charge on any atom is -0.496 e. The van der Waals surface area contributed by atoms with Crippen molar-refractivity contribution in [2.75, 3.05) is 24.9 Å². The normalized spacial score (nSPS) is 11.4. The lowest BCUT2D eigenvalue weighted by molar-refractivity contribution is -0.384. The average molecular weight is 565 g/mol. The number of carbonyl (C=O) groups is 2. The highest BCUT2D eigenvalue weighted by Crippen LogP contribution is 2.32. The molecule has 0 bridgehead atoms. The fourth-order valence-corrected chi connectivity index (χ4v) is 5.27. The summed E-state index contributed by atoms with van der Waals surface area (Å²) < 4.78 is 10.6. The van der Waals surface area contributed by atoms with Gasteiger partial charge in [0.2, 0.25) is 5.91 Å². The summed E-state index contributed by atoms with van der Waals surface area (Å²) in [4.78, 5) is 41.6. The standard InChI is InChI=1S/C27H24N4O6S2/c1-16(25(32)30-27-29-21(15-38-27)17-7-4-9-19(13-17)31(34)35)39-20-10-5-8-18(14-20)28-26(33)24-22(36-2)11-6-12-23(24)37-3/h4-16H,1-3H3,(H,28,33)(H,29,30,32). The van der Waals surface area contributed by atoms with Crippen LogP contribution in [-0.2, 0) is 4.79 Å². The second-order valence-corrected chi connectivity index (χ2v) is 10.4. The highest BCUT2D eigenvalue weighted by Gasteiger charge is 2.20. The smallest absolute Gasteiger partial charge is 0.270 e. The first-order valence-corrected chi connectivity index (χ1v) is 13.3. The Hall–Kier alpha value is -4.42. The number of nitrogens with one attached hydrogen (secondary N) is 2. The van der Waals surface area contributed by atoms with Crippen LogP contribution in [0.3, 0.4) is 0 Å². The minimum absolute atomic E-state index is 0.0310. The summed E-state index contributed by atoms with van der Waals surface area (Å²) in [6.45, 7) is 1.76. The van der Waals surface area contributed by atoms with E-state index < -0.39 is 10.2 Å². The molecule has 1 atom stereocenters. The van der Waals surface area contributed by atoms with Crippen LogP contribution in [0.5, 0.6) is 11.5 Å². The number of anilines is 2. The Morgan fingerprint density at radius 2 is 1.69 bits per heavy atom. The number of carbonyl (C=O) groups excluding carboxylic acids is 2. The van der Waals surface area contributed by atoms with E-state index in [4.69, 9.17) is 9.47 Å². The van der Waals surface area contributed by atoms with Crippen molar-refractivity contribution >= 4 is 51.4 Å². The lowest BCUT2D eigenvalue weighted by Gasteiger charge is -2.14. The molecule has 0 saturated heterocycles. The molecule has 3 aromatic carbocycles. The van der Waals surface area contributed by atoms with Gasteiger partial charge in [-0.2, -0.15) is 0 Å². The van der Waals surface area contributed by atoms with Crippen LogP contribution >= 0.6 is 23.1 Å². The van der Waals surface area contributed by atoms with E-state index in [1.54, 1.807) is 60.8 Å². The fourth-order valence-electron chi connectivity index (χ4n) is 3.62. The molecule has 4 aromatic rings. The van der Waals surface area contributed by atoms with Crippen LogP contribution < -0.4 is 20.1 Å². The number of hydrogen-bond acceptors (Lipinski definition) is 9. The number of thiazole rings is 1. The molecule has 10 nitrogen and oxygen atoms in total. The van der Waals surface area contributed by atoms with Gasteiger partial charge in [-0.15, -0.1) is 23.1 Å². The van der Waals surface area contributed by atoms with Crippen LogP contribution in [0.2, 0.25) is 0 Å². The van der Waals surface area contributed by atoms with E-state index in [1.165, 1.54) is 49.5 Å². The third-order valence-corrected chi connectivity index (χ3v) is 7.37. The third kappa shape index (κ3) is 6.72. The number of methoxy groups -OCH3 is 2. The van der Waals surface area contributed by atoms with Crippen molar-refractivity contribution in [3.63, 3.8) is 0 Å². The van der Waals surface area contributed by atoms with Crippen molar-refractivity contribution in [2.45, 2.75) is 17.1 Å². The first-order valence-electron chi connectivity index (χ1n) is 11.6. The molecule has 2 N–H and O–H groups in total. The molecule has 1 aromatic heterocycles. The van der Waals surface area contributed by atoms with Crippen molar-refractivity contribution in [3.8, 4) is 22.8 Å². The maximum Gasteiger partial charge on any atom is 0.270 e. The Bertz CT molecular complexity index is 1500. The molecule has 4 rings (SSSR count). The molecule has 0 aliphatic rings. The van der Waals surface area contributed by atoms with Crippen molar-refractivity contribution < 1.29 is 24.0 Å². The largest absolute Gasteiger partial charge is 0.496 e. The third-order valence-electron chi connectivity index (χ3n) is 5.52. The molecular weight excluding hydrogens is 540 g/mol. The summed E-state index contributed by atoms with van der Waals surface area (Å²) in [6.07, 6.45) is 0. The van der Waals surface area contributed by atoms with Gasteiger partial charge in [0, 0.05) is 33.7 Å². The number of ether oxygens (including phenoxy) is 2. The number of nitro groups is 1. The van der Waals surface area contributed by atoms with Crippen molar-refractivity contribution in [2.24, 2.45) is 0 Å². The number of thioether (sulfide) groups is 1. The van der Waals surface area contributed by atoms with Gasteiger partial charge < -0.3 is 20.1 Å². The van der Waals surface area contributed by atoms with Crippen LogP contribution in [-0.4, -0.2) is 41.2 Å². The summed E-state index contributed by atoms with van der Waals surface area (Å²) >= 11 is 2.55. The summed E-state index contributed by atoms with van der Waals surface area (Å²) in [5.74, 6) is 0.130. The highest BCUT2D eigenvalue weighted by molar-refractivity contribution is 8.00. The number of nitrogens with zero attached hydrogens (tertiary/aromatic N) is 2. The monoisotopic (exact) mass is 564 g/mol. The van der Waals surface area contributed by atoms with E-state index >= 15 is 0 Å². The van der Waals surface area contributed by atoms with Crippen molar-refractivity contribution in [3.05, 3.63) is 87.8 Å². The van der Waals surface area contributed by atoms with Gasteiger partial charge in [-0.1, -0.05) is 24.3 Å². The predicted octanol–water partition coefficient (Wildman–Crippen LogP) is 6.11. The lowest BCUT2D eigenvalue weighted by Crippen LogP contribution is -2.22. The molecule has 0 saturated carbocycles. The summed E-state index contributed by atoms with van der Waals surface area (Å²) in [5.41, 5.74) is 1.92. The number of rotatable bonds is 10. The van der Waals surface area contributed by atoms with Crippen LogP contribution in [0, 0.1) is 10.1 Å². The molecule has 12 heteroatoms. The van der Waals surface area contributed by atoms with Gasteiger partial charge in [0.05, 0.1) is 30.1 Å². The Morgan fingerprint density at radius 1 is 1.00 bits per heavy atom. The molecule has 0 radical (unpaired) electrons. The van der Waals surface area contributed by atoms with Gasteiger partial charge in [-0.3, -0.25) is 19.7 Å². The number of benzene rings is 3. The molecule has 39 heavy (non-hydrogen) atoms. The summed E-state index contributed by atoms with van der Waals surface area (Å²) in [5, 5.41) is 18.3. The molecular formula is C27H24N4O6S2. The highest BCUT2D eigenvalue weighted by atomic mass is 32.2. The fraction of sp³-hybridized carbons (Fsp3) is 0.148. The minimum atomic E-state index is -0.476. The molecule has 0 spiro atoms.